The summed E-state index contributed by atoms with van der Waals surface area (Å²) in [4.78, 5) is 12.0. The van der Waals surface area contributed by atoms with Gasteiger partial charge in [-0.25, -0.2) is 4.79 Å². The van der Waals surface area contributed by atoms with Gasteiger partial charge < -0.3 is 10.2 Å². The van der Waals surface area contributed by atoms with Crippen LogP contribution < -0.4 is 0 Å². The Morgan fingerprint density at radius 1 is 0.714 bits per heavy atom. The van der Waals surface area contributed by atoms with E-state index in [9.17, 15) is 15.0 Å². The maximum atomic E-state index is 12.0. The molecule has 0 amide bonds. The van der Waals surface area contributed by atoms with Crippen LogP contribution in [0.3, 0.4) is 0 Å². The van der Waals surface area contributed by atoms with Crippen LogP contribution in [0.5, 0.6) is 5.75 Å². The Balaban J connectivity index is 2.26. The van der Waals surface area contributed by atoms with E-state index in [4.69, 9.17) is 0 Å². The number of carbonyl (C=O) groups is 1. The molecular weight excluding hydrogens is 348 g/mol. The Morgan fingerprint density at radius 3 is 1.64 bits per heavy atom. The van der Waals surface area contributed by atoms with Crippen molar-refractivity contribution in [2.24, 2.45) is 0 Å². The molecule has 0 aliphatic heterocycles. The summed E-state index contributed by atoms with van der Waals surface area (Å²) in [5.74, 6) is -1.33. The first kappa shape index (κ1) is 19.7. The number of phenols is 1. The third kappa shape index (κ3) is 3.40. The second-order valence-electron chi connectivity index (χ2n) is 8.21. The SMILES string of the molecule is CC(C)(c1ccccc1)c1cc(O)c(C(=O)O)c(C(C)(C)c2ccccc2)c1. The Bertz CT molecular complexity index is 987. The van der Waals surface area contributed by atoms with E-state index in [1.165, 1.54) is 0 Å². The molecule has 0 aromatic heterocycles. The minimum absolute atomic E-state index is 0.0403. The standard InChI is InChI=1S/C25H26O3/c1-24(2,17-11-7-5-8-12-17)19-15-20(22(23(27)28)21(26)16-19)25(3,4)18-13-9-6-10-14-18/h5-16,26H,1-4H3,(H,27,28). The molecule has 2 N–H and O–H groups in total. The van der Waals surface area contributed by atoms with E-state index in [1.54, 1.807) is 6.07 Å². The average molecular weight is 374 g/mol. The number of carboxylic acid groups (broad SMARTS) is 1. The van der Waals surface area contributed by atoms with E-state index < -0.39 is 16.8 Å². The van der Waals surface area contributed by atoms with Gasteiger partial charge in [-0.15, -0.1) is 0 Å². The smallest absolute Gasteiger partial charge is 0.339 e. The molecular formula is C25H26O3. The summed E-state index contributed by atoms with van der Waals surface area (Å²) < 4.78 is 0. The molecule has 0 aliphatic carbocycles. The van der Waals surface area contributed by atoms with E-state index in [1.807, 2.05) is 80.6 Å². The highest BCUT2D eigenvalue weighted by Gasteiger charge is 2.33. The fourth-order valence-electron chi connectivity index (χ4n) is 3.74. The van der Waals surface area contributed by atoms with Crippen molar-refractivity contribution in [1.82, 2.24) is 0 Å². The molecule has 3 aromatic carbocycles. The number of aromatic hydroxyl groups is 1. The second kappa shape index (κ2) is 7.16. The molecule has 0 fully saturated rings. The molecule has 0 bridgehead atoms. The summed E-state index contributed by atoms with van der Waals surface area (Å²) in [6.07, 6.45) is 0. The number of aromatic carboxylic acids is 1. The minimum Gasteiger partial charge on any atom is -0.507 e. The predicted octanol–water partition coefficient (Wildman–Crippen LogP) is 5.74. The maximum Gasteiger partial charge on any atom is 0.339 e. The van der Waals surface area contributed by atoms with Gasteiger partial charge in [-0.1, -0.05) is 94.4 Å². The molecule has 0 atom stereocenters. The van der Waals surface area contributed by atoms with Gasteiger partial charge in [0.1, 0.15) is 11.3 Å². The number of rotatable bonds is 5. The number of carboxylic acids is 1. The van der Waals surface area contributed by atoms with Crippen LogP contribution >= 0.6 is 0 Å². The average Bonchev–Trinajstić information content (AvgIpc) is 2.68. The number of hydrogen-bond donors (Lipinski definition) is 2. The largest absolute Gasteiger partial charge is 0.507 e. The van der Waals surface area contributed by atoms with Gasteiger partial charge in [0.25, 0.3) is 0 Å². The number of hydrogen-bond acceptors (Lipinski definition) is 2. The molecule has 3 nitrogen and oxygen atoms in total. The molecule has 28 heavy (non-hydrogen) atoms. The Hall–Kier alpha value is -3.07. The fraction of sp³-hybridized carbons (Fsp3) is 0.240. The van der Waals surface area contributed by atoms with Crippen molar-refractivity contribution in [3.8, 4) is 5.75 Å². The fourth-order valence-corrected chi connectivity index (χ4v) is 3.74. The second-order valence-corrected chi connectivity index (χ2v) is 8.21. The third-order valence-corrected chi connectivity index (χ3v) is 5.72. The summed E-state index contributed by atoms with van der Waals surface area (Å²) in [5, 5.41) is 20.5. The van der Waals surface area contributed by atoms with Crippen LogP contribution in [0.25, 0.3) is 0 Å². The molecule has 0 radical (unpaired) electrons. The van der Waals surface area contributed by atoms with Gasteiger partial charge in [0.05, 0.1) is 0 Å². The van der Waals surface area contributed by atoms with Crippen LogP contribution in [0.4, 0.5) is 0 Å². The van der Waals surface area contributed by atoms with E-state index in [2.05, 4.69) is 13.8 Å². The maximum absolute atomic E-state index is 12.0. The first-order valence-corrected chi connectivity index (χ1v) is 9.38. The van der Waals surface area contributed by atoms with E-state index in [0.717, 1.165) is 16.7 Å². The molecule has 3 rings (SSSR count). The first-order valence-electron chi connectivity index (χ1n) is 9.38. The lowest BCUT2D eigenvalue weighted by molar-refractivity contribution is 0.0691. The molecule has 3 heteroatoms. The normalized spacial score (nSPS) is 12.0. The van der Waals surface area contributed by atoms with Crippen molar-refractivity contribution in [2.45, 2.75) is 38.5 Å². The van der Waals surface area contributed by atoms with Gasteiger partial charge in [-0.3, -0.25) is 0 Å². The van der Waals surface area contributed by atoms with Gasteiger partial charge in [-0.2, -0.15) is 0 Å². The first-order chi connectivity index (χ1) is 13.2. The van der Waals surface area contributed by atoms with Gasteiger partial charge in [0.15, 0.2) is 0 Å². The molecule has 0 saturated heterocycles. The van der Waals surface area contributed by atoms with Gasteiger partial charge in [0, 0.05) is 10.8 Å². The molecule has 0 heterocycles. The molecule has 3 aromatic rings. The van der Waals surface area contributed by atoms with Crippen molar-refractivity contribution in [1.29, 1.82) is 0 Å². The van der Waals surface area contributed by atoms with E-state index in [-0.39, 0.29) is 11.3 Å². The van der Waals surface area contributed by atoms with Crippen LogP contribution in [0.1, 0.15) is 60.3 Å². The lowest BCUT2D eigenvalue weighted by Crippen LogP contribution is -2.25. The van der Waals surface area contributed by atoms with Gasteiger partial charge in [-0.05, 0) is 28.3 Å². The van der Waals surface area contributed by atoms with Crippen molar-refractivity contribution in [2.75, 3.05) is 0 Å². The predicted molar refractivity (Wildman–Crippen MR) is 112 cm³/mol. The van der Waals surface area contributed by atoms with Crippen LogP contribution in [-0.2, 0) is 10.8 Å². The zero-order chi connectivity index (χ0) is 20.5. The zero-order valence-electron chi connectivity index (χ0n) is 16.7. The summed E-state index contributed by atoms with van der Waals surface area (Å²) in [6, 6.07) is 23.3. The molecule has 0 saturated carbocycles. The Kier molecular flexibility index (Phi) is 5.03. The van der Waals surface area contributed by atoms with Gasteiger partial charge >= 0.3 is 5.97 Å². The summed E-state index contributed by atoms with van der Waals surface area (Å²) in [5.41, 5.74) is 2.55. The van der Waals surface area contributed by atoms with Crippen LogP contribution in [0, 0.1) is 0 Å². The van der Waals surface area contributed by atoms with Crippen molar-refractivity contribution in [3.05, 3.63) is 101 Å². The van der Waals surface area contributed by atoms with E-state index in [0.29, 0.717) is 5.56 Å². The monoisotopic (exact) mass is 374 g/mol. The van der Waals surface area contributed by atoms with Crippen LogP contribution in [0.2, 0.25) is 0 Å². The zero-order valence-corrected chi connectivity index (χ0v) is 16.7. The molecule has 0 aliphatic rings. The van der Waals surface area contributed by atoms with Crippen molar-refractivity contribution >= 4 is 5.97 Å². The molecule has 0 spiro atoms. The summed E-state index contributed by atoms with van der Waals surface area (Å²) >= 11 is 0. The van der Waals surface area contributed by atoms with Crippen LogP contribution in [0.15, 0.2) is 72.8 Å². The van der Waals surface area contributed by atoms with Crippen molar-refractivity contribution in [3.63, 3.8) is 0 Å². The third-order valence-electron chi connectivity index (χ3n) is 5.72. The topological polar surface area (TPSA) is 57.5 Å². The van der Waals surface area contributed by atoms with Crippen molar-refractivity contribution < 1.29 is 15.0 Å². The highest BCUT2D eigenvalue weighted by Crippen LogP contribution is 2.41. The highest BCUT2D eigenvalue weighted by molar-refractivity contribution is 5.93. The lowest BCUT2D eigenvalue weighted by Gasteiger charge is -2.32. The molecule has 144 valence electrons. The Labute approximate surface area is 166 Å². The Morgan fingerprint density at radius 2 is 1.18 bits per heavy atom. The van der Waals surface area contributed by atoms with Crippen LogP contribution in [-0.4, -0.2) is 16.2 Å². The lowest BCUT2D eigenvalue weighted by atomic mass is 9.71. The summed E-state index contributed by atoms with van der Waals surface area (Å²) in [7, 11) is 0. The van der Waals surface area contributed by atoms with E-state index >= 15 is 0 Å². The number of benzene rings is 3. The van der Waals surface area contributed by atoms with Gasteiger partial charge in [0.2, 0.25) is 0 Å². The highest BCUT2D eigenvalue weighted by atomic mass is 16.4. The quantitative estimate of drug-likeness (QED) is 0.598. The summed E-state index contributed by atoms with van der Waals surface area (Å²) in [6.45, 7) is 8.14. The molecule has 0 unspecified atom stereocenters. The minimum atomic E-state index is -1.12.